The third-order valence-corrected chi connectivity index (χ3v) is 7.20. The second kappa shape index (κ2) is 6.39. The molecule has 0 saturated heterocycles. The van der Waals surface area contributed by atoms with Crippen molar-refractivity contribution in [3.05, 3.63) is 15.9 Å². The monoisotopic (exact) mass is 350 g/mol. The van der Waals surface area contributed by atoms with Crippen LogP contribution in [-0.4, -0.2) is 31.3 Å². The maximum Gasteiger partial charge on any atom is 0.254 e. The minimum absolute atomic E-state index is 0.134. The summed E-state index contributed by atoms with van der Waals surface area (Å²) in [6.45, 7) is 1.88. The number of nitrogens with zero attached hydrogens (tertiary/aromatic N) is 2. The van der Waals surface area contributed by atoms with Crippen molar-refractivity contribution in [2.24, 2.45) is 28.2 Å². The van der Waals surface area contributed by atoms with Crippen molar-refractivity contribution in [2.45, 2.75) is 45.3 Å². The van der Waals surface area contributed by atoms with E-state index >= 15 is 0 Å². The van der Waals surface area contributed by atoms with E-state index < -0.39 is 0 Å². The topological polar surface area (TPSA) is 52.8 Å². The molecule has 2 unspecified atom stereocenters. The Balaban J connectivity index is 1.64. The number of aromatic nitrogens is 1. The number of carbonyl (C=O) groups is 1. The van der Waals surface area contributed by atoms with Crippen LogP contribution < -0.4 is 4.80 Å². The van der Waals surface area contributed by atoms with E-state index in [1.54, 1.807) is 25.6 Å². The predicted octanol–water partition coefficient (Wildman–Crippen LogP) is 2.60. The number of amides is 1. The highest BCUT2D eigenvalue weighted by molar-refractivity contribution is 7.09. The number of rotatable bonds is 6. The molecule has 1 amide bonds. The lowest BCUT2D eigenvalue weighted by Crippen LogP contribution is -2.33. The van der Waals surface area contributed by atoms with Crippen LogP contribution in [0, 0.1) is 23.2 Å². The zero-order valence-corrected chi connectivity index (χ0v) is 15.3. The van der Waals surface area contributed by atoms with Crippen LogP contribution in [0.25, 0.3) is 0 Å². The first-order valence-electron chi connectivity index (χ1n) is 8.91. The van der Waals surface area contributed by atoms with Crippen LogP contribution in [-0.2, 0) is 27.4 Å². The number of carbonyl (C=O) groups excluding carboxylic acids is 1. The van der Waals surface area contributed by atoms with Crippen LogP contribution in [0.2, 0.25) is 0 Å². The van der Waals surface area contributed by atoms with Crippen LogP contribution in [0.15, 0.2) is 11.2 Å². The van der Waals surface area contributed by atoms with Crippen LogP contribution in [0.1, 0.15) is 37.0 Å². The van der Waals surface area contributed by atoms with Gasteiger partial charge in [-0.3, -0.25) is 4.79 Å². The van der Waals surface area contributed by atoms with Crippen LogP contribution in [0.4, 0.5) is 0 Å². The lowest BCUT2D eigenvalue weighted by atomic mass is 9.75. The van der Waals surface area contributed by atoms with E-state index in [2.05, 4.69) is 4.99 Å². The van der Waals surface area contributed by atoms with E-state index in [1.807, 2.05) is 10.8 Å². The number of hydrogen-bond acceptors (Lipinski definition) is 4. The Morgan fingerprint density at radius 1 is 1.29 bits per heavy atom. The van der Waals surface area contributed by atoms with Gasteiger partial charge >= 0.3 is 0 Å². The molecule has 0 aromatic carbocycles. The molecule has 0 N–H and O–H groups in total. The summed E-state index contributed by atoms with van der Waals surface area (Å²) in [5, 5.41) is 0. The van der Waals surface area contributed by atoms with Crippen molar-refractivity contribution in [3.8, 4) is 0 Å². The molecule has 4 bridgehead atoms. The largest absolute Gasteiger partial charge is 0.383 e. The minimum atomic E-state index is -0.141. The minimum Gasteiger partial charge on any atom is -0.383 e. The van der Waals surface area contributed by atoms with Gasteiger partial charge in [-0.1, -0.05) is 11.3 Å². The van der Waals surface area contributed by atoms with Crippen molar-refractivity contribution in [2.75, 3.05) is 20.8 Å². The Hall–Kier alpha value is -0.980. The molecule has 132 valence electrons. The van der Waals surface area contributed by atoms with Crippen molar-refractivity contribution in [1.82, 2.24) is 4.57 Å². The molecule has 5 rings (SSSR count). The lowest BCUT2D eigenvalue weighted by Gasteiger charge is -2.29. The maximum atomic E-state index is 13.1. The first-order chi connectivity index (χ1) is 11.6. The van der Waals surface area contributed by atoms with Gasteiger partial charge in [-0.2, -0.15) is 4.99 Å². The highest BCUT2D eigenvalue weighted by Gasteiger charge is 2.61. The molecule has 2 atom stereocenters. The Morgan fingerprint density at radius 3 is 2.71 bits per heavy atom. The third-order valence-electron chi connectivity index (χ3n) is 6.20. The zero-order chi connectivity index (χ0) is 16.7. The van der Waals surface area contributed by atoms with Gasteiger partial charge in [-0.15, -0.1) is 0 Å². The van der Waals surface area contributed by atoms with Gasteiger partial charge in [0.2, 0.25) is 0 Å². The van der Waals surface area contributed by atoms with Gasteiger partial charge in [0.05, 0.1) is 23.5 Å². The molecule has 4 aliphatic carbocycles. The molecule has 1 aromatic heterocycles. The summed E-state index contributed by atoms with van der Waals surface area (Å²) in [4.78, 5) is 19.6. The number of hydrogen-bond donors (Lipinski definition) is 0. The summed E-state index contributed by atoms with van der Waals surface area (Å²) in [7, 11) is 3.38. The summed E-state index contributed by atoms with van der Waals surface area (Å²) in [5.41, 5.74) is -0.141. The molecule has 1 heterocycles. The molecule has 0 radical (unpaired) electrons. The number of thiazole rings is 1. The quantitative estimate of drug-likeness (QED) is 0.792. The van der Waals surface area contributed by atoms with Gasteiger partial charge in [0.15, 0.2) is 4.80 Å². The third kappa shape index (κ3) is 2.68. The Bertz CT molecular complexity index is 679. The molecule has 4 aliphatic rings. The van der Waals surface area contributed by atoms with Gasteiger partial charge in [0.1, 0.15) is 0 Å². The second-order valence-electron chi connectivity index (χ2n) is 7.72. The molecule has 4 fully saturated rings. The molecule has 0 spiro atoms. The van der Waals surface area contributed by atoms with E-state index in [1.165, 1.54) is 19.3 Å². The molecule has 1 aromatic rings. The summed E-state index contributed by atoms with van der Waals surface area (Å²) >= 11 is 1.56. The summed E-state index contributed by atoms with van der Waals surface area (Å²) < 4.78 is 12.5. The van der Waals surface area contributed by atoms with Crippen molar-refractivity contribution in [1.29, 1.82) is 0 Å². The van der Waals surface area contributed by atoms with E-state index in [0.717, 1.165) is 34.4 Å². The highest BCUT2D eigenvalue weighted by atomic mass is 32.1. The average molecular weight is 350 g/mol. The zero-order valence-electron chi connectivity index (χ0n) is 14.5. The maximum absolute atomic E-state index is 13.1. The van der Waals surface area contributed by atoms with Gasteiger partial charge < -0.3 is 14.0 Å². The smallest absolute Gasteiger partial charge is 0.254 e. The normalized spacial score (nSPS) is 34.4. The Labute approximate surface area is 146 Å². The molecule has 5 nitrogen and oxygen atoms in total. The standard InChI is InChI=1S/C18H26N2O3S/c1-22-4-3-20-10-15(11-23-2)24-17(20)19-16(21)18-8-12-5-13(9-18)7-14(18)6-12/h10,12-14H,3-9,11H2,1-2H3/b19-17-. The first-order valence-corrected chi connectivity index (χ1v) is 9.72. The van der Waals surface area contributed by atoms with Crippen LogP contribution in [0.3, 0.4) is 0 Å². The van der Waals surface area contributed by atoms with Crippen LogP contribution in [0.5, 0.6) is 0 Å². The van der Waals surface area contributed by atoms with Crippen molar-refractivity contribution >= 4 is 17.2 Å². The summed E-state index contributed by atoms with van der Waals surface area (Å²) in [6, 6.07) is 0. The van der Waals surface area contributed by atoms with Gasteiger partial charge in [-0.25, -0.2) is 0 Å². The summed E-state index contributed by atoms with van der Waals surface area (Å²) in [5.74, 6) is 2.27. The fourth-order valence-corrected chi connectivity index (χ4v) is 6.40. The van der Waals surface area contributed by atoms with Gasteiger partial charge in [0, 0.05) is 27.0 Å². The first kappa shape index (κ1) is 16.5. The Kier molecular flexibility index (Phi) is 4.39. The van der Waals surface area contributed by atoms with E-state index in [0.29, 0.717) is 25.7 Å². The van der Waals surface area contributed by atoms with Gasteiger partial charge in [-0.05, 0) is 49.9 Å². The van der Waals surface area contributed by atoms with E-state index in [-0.39, 0.29) is 11.3 Å². The SMILES string of the molecule is COCCn1cc(COC)s/c1=N\C(=O)C12CC3CC(CC1C3)C2. The van der Waals surface area contributed by atoms with Crippen molar-refractivity contribution in [3.63, 3.8) is 0 Å². The molecular weight excluding hydrogens is 324 g/mol. The fourth-order valence-electron chi connectivity index (χ4n) is 5.42. The average Bonchev–Trinajstić information content (AvgIpc) is 3.13. The molecule has 4 saturated carbocycles. The molecule has 0 aliphatic heterocycles. The van der Waals surface area contributed by atoms with Crippen LogP contribution >= 0.6 is 11.3 Å². The molecule has 6 heteroatoms. The summed E-state index contributed by atoms with van der Waals surface area (Å²) in [6.07, 6.45) is 8.03. The van der Waals surface area contributed by atoms with Gasteiger partial charge in [0.25, 0.3) is 5.91 Å². The highest BCUT2D eigenvalue weighted by Crippen LogP contribution is 2.65. The molecular formula is C18H26N2O3S. The molecule has 24 heavy (non-hydrogen) atoms. The van der Waals surface area contributed by atoms with E-state index in [4.69, 9.17) is 9.47 Å². The van der Waals surface area contributed by atoms with E-state index in [9.17, 15) is 4.79 Å². The predicted molar refractivity (Wildman–Crippen MR) is 91.5 cm³/mol. The number of methoxy groups -OCH3 is 2. The van der Waals surface area contributed by atoms with Crippen molar-refractivity contribution < 1.29 is 14.3 Å². The second-order valence-corrected chi connectivity index (χ2v) is 8.81. The number of ether oxygens (including phenoxy) is 2. The fraction of sp³-hybridized carbons (Fsp3) is 0.778. The lowest BCUT2D eigenvalue weighted by molar-refractivity contribution is -0.129. The Morgan fingerprint density at radius 2 is 2.04 bits per heavy atom.